The van der Waals surface area contributed by atoms with E-state index in [0.717, 1.165) is 50.6 Å². The fourth-order valence-electron chi connectivity index (χ4n) is 5.09. The van der Waals surface area contributed by atoms with Crippen LogP contribution in [0, 0.1) is 11.8 Å². The second-order valence-corrected chi connectivity index (χ2v) is 9.38. The highest BCUT2D eigenvalue weighted by Gasteiger charge is 2.34. The molecule has 1 saturated heterocycles. The van der Waals surface area contributed by atoms with E-state index in [0.29, 0.717) is 17.9 Å². The molecule has 0 unspecified atom stereocenters. The molecule has 1 aliphatic heterocycles. The molecule has 6 heteroatoms. The summed E-state index contributed by atoms with van der Waals surface area (Å²) in [6, 6.07) is 6.55. The summed E-state index contributed by atoms with van der Waals surface area (Å²) < 4.78 is 10.8. The van der Waals surface area contributed by atoms with Crippen molar-refractivity contribution in [2.45, 2.75) is 58.7 Å². The van der Waals surface area contributed by atoms with Gasteiger partial charge in [0.15, 0.2) is 17.5 Å². The van der Waals surface area contributed by atoms with Gasteiger partial charge in [-0.1, -0.05) is 26.7 Å². The Bertz CT molecular complexity index is 703. The number of carbonyl (C=O) groups excluding carboxylic acids is 1. The molecule has 0 aromatic heterocycles. The molecule has 1 aromatic rings. The van der Waals surface area contributed by atoms with Gasteiger partial charge >= 0.3 is 0 Å². The van der Waals surface area contributed by atoms with Crippen LogP contribution in [0.2, 0.25) is 0 Å². The number of rotatable bonds is 7. The topological polar surface area (TPSA) is 56.4 Å². The molecule has 2 aliphatic rings. The molecule has 6 nitrogen and oxygen atoms in total. The molecule has 1 saturated carbocycles. The number of ether oxygens (including phenoxy) is 2. The number of methoxy groups -OCH3 is 2. The van der Waals surface area contributed by atoms with E-state index in [9.17, 15) is 4.79 Å². The van der Waals surface area contributed by atoms with Crippen LogP contribution in [0.3, 0.4) is 0 Å². The van der Waals surface area contributed by atoms with Gasteiger partial charge in [-0.3, -0.25) is 4.79 Å². The number of hydrogen-bond acceptors (Lipinski definition) is 3. The molecule has 0 radical (unpaired) electrons. The van der Waals surface area contributed by atoms with Gasteiger partial charge < -0.3 is 24.6 Å². The average molecular weight is 420 g/mol. The zero-order chi connectivity index (χ0) is 21.7. The van der Waals surface area contributed by atoms with Crippen LogP contribution in [0.15, 0.2) is 18.2 Å². The molecule has 0 bridgehead atoms. The number of carbonyl (C=O) groups is 1. The van der Waals surface area contributed by atoms with Crippen molar-refractivity contribution in [1.82, 2.24) is 5.32 Å². The highest BCUT2D eigenvalue weighted by atomic mass is 16.5. The number of hydrogen-bond donors (Lipinski definition) is 3. The monoisotopic (exact) mass is 419 g/mol. The Morgan fingerprint density at radius 2 is 1.80 bits per heavy atom. The second kappa shape index (κ2) is 10.5. The summed E-state index contributed by atoms with van der Waals surface area (Å²) in [5.41, 5.74) is 1.26. The Labute approximate surface area is 181 Å². The first-order chi connectivity index (χ1) is 14.4. The van der Waals surface area contributed by atoms with E-state index in [4.69, 9.17) is 9.47 Å². The third-order valence-corrected chi connectivity index (χ3v) is 7.54. The molecule has 168 valence electrons. The predicted molar refractivity (Wildman–Crippen MR) is 118 cm³/mol. The lowest BCUT2D eigenvalue weighted by atomic mass is 9.78. The van der Waals surface area contributed by atoms with Crippen LogP contribution in [0.4, 0.5) is 0 Å². The summed E-state index contributed by atoms with van der Waals surface area (Å²) >= 11 is 0. The van der Waals surface area contributed by atoms with E-state index >= 15 is 0 Å². The third kappa shape index (κ3) is 5.46. The number of benzene rings is 1. The van der Waals surface area contributed by atoms with Crippen molar-refractivity contribution in [3.05, 3.63) is 23.8 Å². The Kier molecular flexibility index (Phi) is 8.00. The predicted octanol–water partition coefficient (Wildman–Crippen LogP) is 0.317. The lowest BCUT2D eigenvalue weighted by molar-refractivity contribution is -1.02. The van der Waals surface area contributed by atoms with E-state index in [2.05, 4.69) is 38.2 Å². The summed E-state index contributed by atoms with van der Waals surface area (Å²) in [6.45, 7) is 11.9. The molecule has 4 atom stereocenters. The minimum Gasteiger partial charge on any atom is -0.493 e. The number of amides is 1. The zero-order valence-electron chi connectivity index (χ0n) is 19.4. The first-order valence-corrected chi connectivity index (χ1v) is 11.6. The normalized spacial score (nSPS) is 30.4. The van der Waals surface area contributed by atoms with E-state index in [-0.39, 0.29) is 11.9 Å². The van der Waals surface area contributed by atoms with Crippen LogP contribution in [0.25, 0.3) is 0 Å². The molecule has 30 heavy (non-hydrogen) atoms. The standard InChI is InChI=1S/C24H39N3O3/c1-17-7-6-8-21(18(17)2)25-24(28)19(3)27-13-11-26(12-14-27)16-20-9-10-22(29-4)23(15-20)30-5/h9-10,15,17-19,21H,6-8,11-14,16H2,1-5H3,(H,25,28)/p+2/t17-,18+,19+,21+/m0/s1. The first-order valence-electron chi connectivity index (χ1n) is 11.6. The quantitative estimate of drug-likeness (QED) is 0.597. The number of piperazine rings is 1. The summed E-state index contributed by atoms with van der Waals surface area (Å²) in [4.78, 5) is 15.9. The average Bonchev–Trinajstić information content (AvgIpc) is 2.76. The number of quaternary nitrogens is 2. The largest absolute Gasteiger partial charge is 0.493 e. The van der Waals surface area contributed by atoms with Crippen molar-refractivity contribution in [2.24, 2.45) is 11.8 Å². The molecule has 1 amide bonds. The van der Waals surface area contributed by atoms with Crippen LogP contribution in [0.5, 0.6) is 11.5 Å². The Morgan fingerprint density at radius 1 is 1.10 bits per heavy atom. The smallest absolute Gasteiger partial charge is 0.278 e. The molecular formula is C24H41N3O3+2. The summed E-state index contributed by atoms with van der Waals surface area (Å²) in [6.07, 6.45) is 3.65. The van der Waals surface area contributed by atoms with Crippen molar-refractivity contribution >= 4 is 5.91 Å². The van der Waals surface area contributed by atoms with Crippen LogP contribution in [0.1, 0.15) is 45.6 Å². The summed E-state index contributed by atoms with van der Waals surface area (Å²) in [7, 11) is 3.34. The van der Waals surface area contributed by atoms with Crippen LogP contribution in [-0.4, -0.2) is 58.4 Å². The highest BCUT2D eigenvalue weighted by Crippen LogP contribution is 2.29. The molecule has 3 N–H and O–H groups in total. The van der Waals surface area contributed by atoms with Gasteiger partial charge in [0.05, 0.1) is 14.2 Å². The van der Waals surface area contributed by atoms with Gasteiger partial charge in [0.25, 0.3) is 5.91 Å². The SMILES string of the molecule is COc1ccc(C[NH+]2CC[NH+]([C@H](C)C(=O)N[C@@H]3CCC[C@H](C)[C@H]3C)CC2)cc1OC. The van der Waals surface area contributed by atoms with Crippen LogP contribution < -0.4 is 24.6 Å². The van der Waals surface area contributed by atoms with Crippen molar-refractivity contribution < 1.29 is 24.1 Å². The summed E-state index contributed by atoms with van der Waals surface area (Å²) in [5, 5.41) is 3.38. The van der Waals surface area contributed by atoms with Gasteiger partial charge in [0, 0.05) is 11.6 Å². The highest BCUT2D eigenvalue weighted by molar-refractivity contribution is 5.80. The van der Waals surface area contributed by atoms with E-state index in [1.54, 1.807) is 19.1 Å². The van der Waals surface area contributed by atoms with Crippen molar-refractivity contribution in [1.29, 1.82) is 0 Å². The maximum Gasteiger partial charge on any atom is 0.278 e. The molecule has 0 spiro atoms. The fraction of sp³-hybridized carbons (Fsp3) is 0.708. The molecule has 1 aromatic carbocycles. The second-order valence-electron chi connectivity index (χ2n) is 9.38. The lowest BCUT2D eigenvalue weighted by Crippen LogP contribution is -3.29. The summed E-state index contributed by atoms with van der Waals surface area (Å²) in [5.74, 6) is 3.07. The van der Waals surface area contributed by atoms with Crippen molar-refractivity contribution in [3.8, 4) is 11.5 Å². The van der Waals surface area contributed by atoms with Crippen LogP contribution >= 0.6 is 0 Å². The zero-order valence-corrected chi connectivity index (χ0v) is 19.4. The van der Waals surface area contributed by atoms with Crippen molar-refractivity contribution in [3.63, 3.8) is 0 Å². The van der Waals surface area contributed by atoms with Gasteiger partial charge in [-0.15, -0.1) is 0 Å². The Hall–Kier alpha value is -1.79. The molecular weight excluding hydrogens is 378 g/mol. The van der Waals surface area contributed by atoms with Gasteiger partial charge in [-0.05, 0) is 43.4 Å². The molecule has 3 rings (SSSR count). The minimum absolute atomic E-state index is 0.0251. The minimum atomic E-state index is 0.0251. The maximum absolute atomic E-state index is 12.9. The Balaban J connectivity index is 1.48. The number of nitrogens with one attached hydrogen (secondary N) is 3. The van der Waals surface area contributed by atoms with Crippen LogP contribution in [-0.2, 0) is 11.3 Å². The third-order valence-electron chi connectivity index (χ3n) is 7.54. The maximum atomic E-state index is 12.9. The van der Waals surface area contributed by atoms with Gasteiger partial charge in [-0.25, -0.2) is 0 Å². The van der Waals surface area contributed by atoms with Gasteiger partial charge in [0.1, 0.15) is 32.7 Å². The first kappa shape index (κ1) is 22.9. The molecule has 1 aliphatic carbocycles. The molecule has 2 fully saturated rings. The van der Waals surface area contributed by atoms with E-state index in [1.165, 1.54) is 23.3 Å². The van der Waals surface area contributed by atoms with E-state index < -0.39 is 0 Å². The fourth-order valence-corrected chi connectivity index (χ4v) is 5.09. The lowest BCUT2D eigenvalue weighted by Gasteiger charge is -2.37. The van der Waals surface area contributed by atoms with Crippen molar-refractivity contribution in [2.75, 3.05) is 40.4 Å². The Morgan fingerprint density at radius 3 is 2.47 bits per heavy atom. The van der Waals surface area contributed by atoms with E-state index in [1.807, 2.05) is 6.07 Å². The van der Waals surface area contributed by atoms with Gasteiger partial charge in [-0.2, -0.15) is 0 Å². The molecule has 1 heterocycles. The van der Waals surface area contributed by atoms with Gasteiger partial charge in [0.2, 0.25) is 0 Å².